The SMILES string of the molecule is CC(=O)Oc1c(C)c(C)c(O)c(CCC(C)C)c1C. The van der Waals surface area contributed by atoms with Crippen LogP contribution in [-0.2, 0) is 11.2 Å². The van der Waals surface area contributed by atoms with Gasteiger partial charge in [0, 0.05) is 12.5 Å². The lowest BCUT2D eigenvalue weighted by Crippen LogP contribution is -2.08. The van der Waals surface area contributed by atoms with Crippen molar-refractivity contribution in [2.75, 3.05) is 0 Å². The van der Waals surface area contributed by atoms with Gasteiger partial charge in [0.15, 0.2) is 0 Å². The van der Waals surface area contributed by atoms with Crippen LogP contribution in [0.1, 0.15) is 49.4 Å². The van der Waals surface area contributed by atoms with E-state index in [0.717, 1.165) is 35.1 Å². The molecule has 0 amide bonds. The van der Waals surface area contributed by atoms with Gasteiger partial charge >= 0.3 is 5.97 Å². The Labute approximate surface area is 115 Å². The predicted molar refractivity (Wildman–Crippen MR) is 76.8 cm³/mol. The largest absolute Gasteiger partial charge is 0.507 e. The van der Waals surface area contributed by atoms with Crippen LogP contribution in [0, 0.1) is 26.7 Å². The number of carbonyl (C=O) groups excluding carboxylic acids is 1. The van der Waals surface area contributed by atoms with Crippen molar-refractivity contribution in [1.29, 1.82) is 0 Å². The van der Waals surface area contributed by atoms with Crippen LogP contribution in [-0.4, -0.2) is 11.1 Å². The topological polar surface area (TPSA) is 46.5 Å². The van der Waals surface area contributed by atoms with Crippen molar-refractivity contribution in [3.8, 4) is 11.5 Å². The molecule has 0 bridgehead atoms. The van der Waals surface area contributed by atoms with Crippen LogP contribution in [0.3, 0.4) is 0 Å². The molecule has 0 aromatic heterocycles. The van der Waals surface area contributed by atoms with E-state index in [0.29, 0.717) is 17.4 Å². The van der Waals surface area contributed by atoms with Gasteiger partial charge in [0.1, 0.15) is 11.5 Å². The summed E-state index contributed by atoms with van der Waals surface area (Å²) in [4.78, 5) is 11.2. The van der Waals surface area contributed by atoms with E-state index >= 15 is 0 Å². The summed E-state index contributed by atoms with van der Waals surface area (Å²) >= 11 is 0. The van der Waals surface area contributed by atoms with E-state index in [1.165, 1.54) is 6.92 Å². The van der Waals surface area contributed by atoms with Crippen molar-refractivity contribution in [3.63, 3.8) is 0 Å². The number of esters is 1. The molecular formula is C16H24O3. The van der Waals surface area contributed by atoms with E-state index in [-0.39, 0.29) is 5.97 Å². The molecule has 1 N–H and O–H groups in total. The zero-order chi connectivity index (χ0) is 14.7. The molecule has 0 spiro atoms. The number of ether oxygens (including phenoxy) is 1. The molecule has 0 unspecified atom stereocenters. The minimum atomic E-state index is -0.328. The van der Waals surface area contributed by atoms with E-state index in [9.17, 15) is 9.90 Å². The summed E-state index contributed by atoms with van der Waals surface area (Å²) in [5, 5.41) is 10.3. The molecule has 0 heterocycles. The maximum absolute atomic E-state index is 11.2. The van der Waals surface area contributed by atoms with Crippen LogP contribution in [0.4, 0.5) is 0 Å². The molecule has 0 aliphatic carbocycles. The van der Waals surface area contributed by atoms with Crippen molar-refractivity contribution in [2.45, 2.75) is 54.4 Å². The molecule has 1 rings (SSSR count). The van der Waals surface area contributed by atoms with Crippen molar-refractivity contribution < 1.29 is 14.6 Å². The fraction of sp³-hybridized carbons (Fsp3) is 0.562. The molecule has 3 heteroatoms. The predicted octanol–water partition coefficient (Wildman–Crippen LogP) is 3.83. The molecule has 106 valence electrons. The second-order valence-corrected chi connectivity index (χ2v) is 5.56. The molecule has 3 nitrogen and oxygen atoms in total. The number of hydrogen-bond acceptors (Lipinski definition) is 3. The van der Waals surface area contributed by atoms with Gasteiger partial charge in [-0.3, -0.25) is 4.79 Å². The third kappa shape index (κ3) is 3.49. The van der Waals surface area contributed by atoms with Crippen LogP contribution in [0.25, 0.3) is 0 Å². The van der Waals surface area contributed by atoms with Crippen LogP contribution in [0.5, 0.6) is 11.5 Å². The molecule has 0 radical (unpaired) electrons. The van der Waals surface area contributed by atoms with Gasteiger partial charge in [0.05, 0.1) is 0 Å². The summed E-state index contributed by atoms with van der Waals surface area (Å²) in [5.41, 5.74) is 3.39. The van der Waals surface area contributed by atoms with Gasteiger partial charge in [-0.2, -0.15) is 0 Å². The van der Waals surface area contributed by atoms with E-state index in [2.05, 4.69) is 13.8 Å². The van der Waals surface area contributed by atoms with Gasteiger partial charge in [-0.05, 0) is 56.2 Å². The lowest BCUT2D eigenvalue weighted by molar-refractivity contribution is -0.131. The lowest BCUT2D eigenvalue weighted by Gasteiger charge is -2.19. The van der Waals surface area contributed by atoms with Crippen LogP contribution in [0.2, 0.25) is 0 Å². The Hall–Kier alpha value is -1.51. The lowest BCUT2D eigenvalue weighted by atomic mass is 9.92. The van der Waals surface area contributed by atoms with Crippen LogP contribution in [0.15, 0.2) is 0 Å². The zero-order valence-corrected chi connectivity index (χ0v) is 12.8. The van der Waals surface area contributed by atoms with Gasteiger partial charge in [-0.1, -0.05) is 13.8 Å². The quantitative estimate of drug-likeness (QED) is 0.664. The molecule has 0 aliphatic rings. The Balaban J connectivity index is 3.30. The number of aromatic hydroxyl groups is 1. The molecule has 0 atom stereocenters. The fourth-order valence-corrected chi connectivity index (χ4v) is 2.21. The summed E-state index contributed by atoms with van der Waals surface area (Å²) in [6.07, 6.45) is 1.79. The highest BCUT2D eigenvalue weighted by atomic mass is 16.5. The summed E-state index contributed by atoms with van der Waals surface area (Å²) in [6.45, 7) is 11.3. The fourth-order valence-electron chi connectivity index (χ4n) is 2.21. The first-order valence-corrected chi connectivity index (χ1v) is 6.75. The number of phenols is 1. The molecule has 0 fully saturated rings. The Bertz CT molecular complexity index is 488. The second kappa shape index (κ2) is 6.09. The third-order valence-electron chi connectivity index (χ3n) is 3.55. The minimum Gasteiger partial charge on any atom is -0.507 e. The summed E-state index contributed by atoms with van der Waals surface area (Å²) < 4.78 is 5.31. The monoisotopic (exact) mass is 264 g/mol. The average molecular weight is 264 g/mol. The van der Waals surface area contributed by atoms with Gasteiger partial charge in [0.2, 0.25) is 0 Å². The first-order valence-electron chi connectivity index (χ1n) is 6.75. The third-order valence-corrected chi connectivity index (χ3v) is 3.55. The van der Waals surface area contributed by atoms with Crippen molar-refractivity contribution in [3.05, 3.63) is 22.3 Å². The molecule has 0 saturated heterocycles. The zero-order valence-electron chi connectivity index (χ0n) is 12.8. The van der Waals surface area contributed by atoms with Crippen molar-refractivity contribution in [1.82, 2.24) is 0 Å². The summed E-state index contributed by atoms with van der Waals surface area (Å²) in [7, 11) is 0. The number of carbonyl (C=O) groups is 1. The number of benzene rings is 1. The number of phenolic OH excluding ortho intramolecular Hbond substituents is 1. The van der Waals surface area contributed by atoms with Crippen molar-refractivity contribution >= 4 is 5.97 Å². The number of rotatable bonds is 4. The van der Waals surface area contributed by atoms with Gasteiger partial charge in [0.25, 0.3) is 0 Å². The van der Waals surface area contributed by atoms with Crippen LogP contribution >= 0.6 is 0 Å². The highest BCUT2D eigenvalue weighted by Gasteiger charge is 2.19. The van der Waals surface area contributed by atoms with Crippen molar-refractivity contribution in [2.24, 2.45) is 5.92 Å². The Morgan fingerprint density at radius 1 is 1.16 bits per heavy atom. The molecule has 0 aliphatic heterocycles. The summed E-state index contributed by atoms with van der Waals surface area (Å²) in [6, 6.07) is 0. The normalized spacial score (nSPS) is 10.9. The van der Waals surface area contributed by atoms with Gasteiger partial charge < -0.3 is 9.84 Å². The average Bonchev–Trinajstić information content (AvgIpc) is 2.31. The number of hydrogen-bond donors (Lipinski definition) is 1. The van der Waals surface area contributed by atoms with Gasteiger partial charge in [-0.25, -0.2) is 0 Å². The second-order valence-electron chi connectivity index (χ2n) is 5.56. The Morgan fingerprint density at radius 2 is 1.74 bits per heavy atom. The maximum atomic E-state index is 11.2. The standard InChI is InChI=1S/C16H24O3/c1-9(2)7-8-14-12(5)16(19-13(6)17)11(4)10(3)15(14)18/h9,18H,7-8H2,1-6H3. The molecule has 19 heavy (non-hydrogen) atoms. The smallest absolute Gasteiger partial charge is 0.308 e. The van der Waals surface area contributed by atoms with E-state index < -0.39 is 0 Å². The maximum Gasteiger partial charge on any atom is 0.308 e. The van der Waals surface area contributed by atoms with E-state index in [1.54, 1.807) is 0 Å². The highest BCUT2D eigenvalue weighted by Crippen LogP contribution is 2.38. The highest BCUT2D eigenvalue weighted by molar-refractivity contribution is 5.72. The van der Waals surface area contributed by atoms with Gasteiger partial charge in [-0.15, -0.1) is 0 Å². The van der Waals surface area contributed by atoms with Crippen LogP contribution < -0.4 is 4.74 Å². The molecule has 1 aromatic rings. The molecule has 0 saturated carbocycles. The molecular weight excluding hydrogens is 240 g/mol. The summed E-state index contributed by atoms with van der Waals surface area (Å²) in [5.74, 6) is 1.18. The first-order chi connectivity index (χ1) is 8.75. The van der Waals surface area contributed by atoms with E-state index in [4.69, 9.17) is 4.74 Å². The molecule has 1 aromatic carbocycles. The first kappa shape index (κ1) is 15.5. The Morgan fingerprint density at radius 3 is 2.21 bits per heavy atom. The van der Waals surface area contributed by atoms with E-state index in [1.807, 2.05) is 20.8 Å². The minimum absolute atomic E-state index is 0.328. The Kier molecular flexibility index (Phi) is 4.98.